The summed E-state index contributed by atoms with van der Waals surface area (Å²) in [6.07, 6.45) is 4.79. The highest BCUT2D eigenvalue weighted by Gasteiger charge is 2.32. The van der Waals surface area contributed by atoms with Gasteiger partial charge in [-0.25, -0.2) is 9.78 Å². The van der Waals surface area contributed by atoms with E-state index in [4.69, 9.17) is 22.1 Å². The molecular weight excluding hydrogens is 428 g/mol. The SMILES string of the molecule is CC(C)(C)OC(=O)N(c1ccnc2cnc(-c3nc(Cl)ccc3N)cc12)C1CCCNC1. The van der Waals surface area contributed by atoms with E-state index in [9.17, 15) is 4.79 Å². The minimum Gasteiger partial charge on any atom is -0.443 e. The smallest absolute Gasteiger partial charge is 0.415 e. The number of nitrogens with two attached hydrogens (primary N) is 1. The first-order valence-corrected chi connectivity index (χ1v) is 11.0. The number of ether oxygens (including phenoxy) is 1. The summed E-state index contributed by atoms with van der Waals surface area (Å²) >= 11 is 6.09. The lowest BCUT2D eigenvalue weighted by Gasteiger charge is -2.36. The number of piperidine rings is 1. The number of hydrogen-bond donors (Lipinski definition) is 2. The Morgan fingerprint density at radius 1 is 1.28 bits per heavy atom. The maximum atomic E-state index is 13.3. The summed E-state index contributed by atoms with van der Waals surface area (Å²) in [4.78, 5) is 28.4. The molecular formula is C23H27ClN6O2. The second-order valence-electron chi connectivity index (χ2n) is 8.84. The first-order chi connectivity index (χ1) is 15.2. The predicted molar refractivity (Wildman–Crippen MR) is 127 cm³/mol. The number of carbonyl (C=O) groups is 1. The fraction of sp³-hybridized carbons (Fsp3) is 0.391. The molecule has 3 aromatic heterocycles. The van der Waals surface area contributed by atoms with Gasteiger partial charge in [-0.2, -0.15) is 0 Å². The molecule has 1 aliphatic heterocycles. The van der Waals surface area contributed by atoms with Gasteiger partial charge in [0, 0.05) is 18.1 Å². The number of rotatable bonds is 3. The molecule has 0 aliphatic carbocycles. The van der Waals surface area contributed by atoms with Crippen molar-refractivity contribution in [2.24, 2.45) is 0 Å². The summed E-state index contributed by atoms with van der Waals surface area (Å²) in [5, 5.41) is 4.47. The van der Waals surface area contributed by atoms with E-state index >= 15 is 0 Å². The van der Waals surface area contributed by atoms with E-state index in [1.807, 2.05) is 32.9 Å². The zero-order valence-electron chi connectivity index (χ0n) is 18.4. The summed E-state index contributed by atoms with van der Waals surface area (Å²) in [7, 11) is 0. The quantitative estimate of drug-likeness (QED) is 0.564. The Morgan fingerprint density at radius 2 is 2.09 bits per heavy atom. The van der Waals surface area contributed by atoms with E-state index in [0.717, 1.165) is 24.8 Å². The van der Waals surface area contributed by atoms with Gasteiger partial charge in [-0.3, -0.25) is 14.9 Å². The third-order valence-electron chi connectivity index (χ3n) is 5.23. The Labute approximate surface area is 192 Å². The standard InChI is InChI=1S/C23H27ClN6O2/c1-23(2,3)32-22(31)30(14-5-4-9-26-12-14)19-8-10-27-18-13-28-17(11-15(18)19)21-16(25)6-7-20(24)29-21/h6-8,10-11,13-14,26H,4-5,9,12,25H2,1-3H3. The highest BCUT2D eigenvalue weighted by Crippen LogP contribution is 2.33. The number of nitrogens with one attached hydrogen (secondary N) is 1. The van der Waals surface area contributed by atoms with Gasteiger partial charge in [0.25, 0.3) is 0 Å². The minimum absolute atomic E-state index is 0.0461. The first kappa shape index (κ1) is 22.2. The molecule has 8 nitrogen and oxygen atoms in total. The van der Waals surface area contributed by atoms with Crippen molar-refractivity contribution < 1.29 is 9.53 Å². The molecule has 0 spiro atoms. The molecule has 3 aromatic rings. The van der Waals surface area contributed by atoms with Crippen molar-refractivity contribution in [2.45, 2.75) is 45.3 Å². The van der Waals surface area contributed by atoms with E-state index < -0.39 is 11.7 Å². The second kappa shape index (κ2) is 8.88. The van der Waals surface area contributed by atoms with Crippen LogP contribution in [0.5, 0.6) is 0 Å². The third kappa shape index (κ3) is 4.76. The molecule has 3 N–H and O–H groups in total. The molecule has 32 heavy (non-hydrogen) atoms. The number of nitrogens with zero attached hydrogens (tertiary/aromatic N) is 4. The predicted octanol–water partition coefficient (Wildman–Crippen LogP) is 4.42. The van der Waals surface area contributed by atoms with Gasteiger partial charge in [-0.05, 0) is 64.4 Å². The number of amides is 1. The molecule has 0 saturated carbocycles. The molecule has 0 aromatic carbocycles. The molecule has 0 bridgehead atoms. The van der Waals surface area contributed by atoms with Crippen molar-refractivity contribution >= 4 is 40.0 Å². The number of aromatic nitrogens is 3. The van der Waals surface area contributed by atoms with E-state index in [-0.39, 0.29) is 6.04 Å². The van der Waals surface area contributed by atoms with Crippen LogP contribution >= 0.6 is 11.6 Å². The molecule has 9 heteroatoms. The summed E-state index contributed by atoms with van der Waals surface area (Å²) in [6.45, 7) is 7.21. The lowest BCUT2D eigenvalue weighted by Crippen LogP contribution is -2.50. The largest absolute Gasteiger partial charge is 0.443 e. The highest BCUT2D eigenvalue weighted by molar-refractivity contribution is 6.29. The van der Waals surface area contributed by atoms with Crippen molar-refractivity contribution in [3.8, 4) is 11.4 Å². The fourth-order valence-electron chi connectivity index (χ4n) is 3.83. The van der Waals surface area contributed by atoms with Gasteiger partial charge in [0.1, 0.15) is 16.4 Å². The summed E-state index contributed by atoms with van der Waals surface area (Å²) in [5.41, 5.74) is 8.38. The average Bonchev–Trinajstić information content (AvgIpc) is 2.75. The molecule has 1 aliphatic rings. The molecule has 1 amide bonds. The lowest BCUT2D eigenvalue weighted by atomic mass is 10.0. The number of hydrogen-bond acceptors (Lipinski definition) is 7. The first-order valence-electron chi connectivity index (χ1n) is 10.6. The Morgan fingerprint density at radius 3 is 2.81 bits per heavy atom. The van der Waals surface area contributed by atoms with Gasteiger partial charge in [-0.1, -0.05) is 11.6 Å². The van der Waals surface area contributed by atoms with E-state index in [2.05, 4.69) is 20.3 Å². The maximum Gasteiger partial charge on any atom is 0.415 e. The minimum atomic E-state index is -0.619. The van der Waals surface area contributed by atoms with Crippen LogP contribution in [0, 0.1) is 0 Å². The second-order valence-corrected chi connectivity index (χ2v) is 9.23. The normalized spacial score (nSPS) is 16.7. The maximum absolute atomic E-state index is 13.3. The van der Waals surface area contributed by atoms with Gasteiger partial charge < -0.3 is 15.8 Å². The number of anilines is 2. The van der Waals surface area contributed by atoms with Crippen LogP contribution in [0.15, 0.2) is 36.7 Å². The van der Waals surface area contributed by atoms with Crippen LogP contribution in [-0.2, 0) is 4.74 Å². The Kier molecular flexibility index (Phi) is 6.17. The van der Waals surface area contributed by atoms with Crippen LogP contribution in [-0.4, -0.2) is 45.8 Å². The van der Waals surface area contributed by atoms with Gasteiger partial charge in [-0.15, -0.1) is 0 Å². The summed E-state index contributed by atoms with van der Waals surface area (Å²) in [6, 6.07) is 6.96. The molecule has 0 radical (unpaired) electrons. The van der Waals surface area contributed by atoms with Crippen LogP contribution in [0.25, 0.3) is 22.3 Å². The summed E-state index contributed by atoms with van der Waals surface area (Å²) < 4.78 is 5.78. The molecule has 168 valence electrons. The average molecular weight is 455 g/mol. The number of halogens is 1. The third-order valence-corrected chi connectivity index (χ3v) is 5.44. The molecule has 1 unspecified atom stereocenters. The number of carbonyl (C=O) groups excluding carboxylic acids is 1. The van der Waals surface area contributed by atoms with Gasteiger partial charge >= 0.3 is 6.09 Å². The van der Waals surface area contributed by atoms with Crippen LogP contribution in [0.3, 0.4) is 0 Å². The zero-order chi connectivity index (χ0) is 22.9. The van der Waals surface area contributed by atoms with Crippen molar-refractivity contribution in [1.29, 1.82) is 0 Å². The van der Waals surface area contributed by atoms with E-state index in [1.54, 1.807) is 29.4 Å². The van der Waals surface area contributed by atoms with Crippen LogP contribution in [0.1, 0.15) is 33.6 Å². The van der Waals surface area contributed by atoms with Crippen LogP contribution in [0.2, 0.25) is 5.15 Å². The number of fused-ring (bicyclic) bond motifs is 1. The fourth-order valence-corrected chi connectivity index (χ4v) is 3.98. The number of nitrogen functional groups attached to an aromatic ring is 1. The highest BCUT2D eigenvalue weighted by atomic mass is 35.5. The van der Waals surface area contributed by atoms with Crippen LogP contribution in [0.4, 0.5) is 16.2 Å². The summed E-state index contributed by atoms with van der Waals surface area (Å²) in [5.74, 6) is 0. The number of pyridine rings is 3. The zero-order valence-corrected chi connectivity index (χ0v) is 19.2. The van der Waals surface area contributed by atoms with Crippen LogP contribution < -0.4 is 16.0 Å². The lowest BCUT2D eigenvalue weighted by molar-refractivity contribution is 0.0561. The van der Waals surface area contributed by atoms with Gasteiger partial charge in [0.2, 0.25) is 0 Å². The Bertz CT molecular complexity index is 1140. The topological polar surface area (TPSA) is 106 Å². The molecule has 1 saturated heterocycles. The Hall–Kier alpha value is -2.97. The van der Waals surface area contributed by atoms with Crippen molar-refractivity contribution in [2.75, 3.05) is 23.7 Å². The van der Waals surface area contributed by atoms with Gasteiger partial charge in [0.15, 0.2) is 0 Å². The molecule has 1 atom stereocenters. The van der Waals surface area contributed by atoms with Crippen molar-refractivity contribution in [3.05, 3.63) is 41.8 Å². The van der Waals surface area contributed by atoms with E-state index in [0.29, 0.717) is 40.0 Å². The molecule has 4 rings (SSSR count). The van der Waals surface area contributed by atoms with E-state index in [1.165, 1.54) is 0 Å². The molecule has 4 heterocycles. The monoisotopic (exact) mass is 454 g/mol. The van der Waals surface area contributed by atoms with Crippen molar-refractivity contribution in [1.82, 2.24) is 20.3 Å². The van der Waals surface area contributed by atoms with Gasteiger partial charge in [0.05, 0.1) is 34.8 Å². The van der Waals surface area contributed by atoms with Crippen molar-refractivity contribution in [3.63, 3.8) is 0 Å². The molecule has 1 fully saturated rings. The Balaban J connectivity index is 1.85.